The van der Waals surface area contributed by atoms with Gasteiger partial charge in [0.05, 0.1) is 24.2 Å². The van der Waals surface area contributed by atoms with Crippen molar-refractivity contribution in [1.29, 1.82) is 0 Å². The molecule has 1 N–H and O–H groups in total. The predicted octanol–water partition coefficient (Wildman–Crippen LogP) is 4.57. The number of carbonyl (C=O) groups excluding carboxylic acids is 1. The van der Waals surface area contributed by atoms with Gasteiger partial charge in [0.1, 0.15) is 0 Å². The smallest absolute Gasteiger partial charge is 0.267 e. The van der Waals surface area contributed by atoms with E-state index in [0.29, 0.717) is 17.0 Å². The number of rotatable bonds is 7. The van der Waals surface area contributed by atoms with Crippen LogP contribution in [0, 0.1) is 0 Å². The molecule has 0 fully saturated rings. The number of para-hydroxylation sites is 1. The summed E-state index contributed by atoms with van der Waals surface area (Å²) in [6.07, 6.45) is 1.17. The number of nitrogens with one attached hydrogen (secondary N) is 1. The minimum Gasteiger partial charge on any atom is -0.267 e. The molecule has 3 aromatic carbocycles. The van der Waals surface area contributed by atoms with Crippen LogP contribution in [0.2, 0.25) is 0 Å². The summed E-state index contributed by atoms with van der Waals surface area (Å²) >= 11 is 3.41. The van der Waals surface area contributed by atoms with Gasteiger partial charge in [-0.3, -0.25) is 9.10 Å². The summed E-state index contributed by atoms with van der Waals surface area (Å²) in [6, 6.07) is 23.3. The maximum Gasteiger partial charge on any atom is 0.271 e. The van der Waals surface area contributed by atoms with Crippen LogP contribution in [-0.4, -0.2) is 26.3 Å². The van der Waals surface area contributed by atoms with Crippen molar-refractivity contribution in [3.05, 3.63) is 100 Å². The van der Waals surface area contributed by atoms with Crippen LogP contribution in [0.1, 0.15) is 28.4 Å². The number of halogens is 1. The van der Waals surface area contributed by atoms with E-state index in [2.05, 4.69) is 26.5 Å². The minimum atomic E-state index is -3.46. The van der Waals surface area contributed by atoms with E-state index in [1.165, 1.54) is 10.6 Å². The van der Waals surface area contributed by atoms with Crippen LogP contribution in [0.15, 0.2) is 88.4 Å². The molecule has 0 spiro atoms. The molecule has 0 aliphatic rings. The second kappa shape index (κ2) is 9.89. The molecule has 0 saturated carbocycles. The van der Waals surface area contributed by atoms with Crippen LogP contribution in [0.4, 0.5) is 5.69 Å². The van der Waals surface area contributed by atoms with Crippen LogP contribution in [0.3, 0.4) is 0 Å². The van der Waals surface area contributed by atoms with Crippen LogP contribution in [0.5, 0.6) is 0 Å². The molecule has 1 amide bonds. The zero-order valence-corrected chi connectivity index (χ0v) is 19.5. The lowest BCUT2D eigenvalue weighted by Gasteiger charge is -2.22. The highest BCUT2D eigenvalue weighted by atomic mass is 79.9. The number of benzene rings is 3. The molecule has 0 radical (unpaired) electrons. The summed E-state index contributed by atoms with van der Waals surface area (Å²) in [7, 11) is -3.46. The molecule has 3 rings (SSSR count). The molecular formula is C23H22BrN3O3S. The van der Waals surface area contributed by atoms with Crippen molar-refractivity contribution in [2.24, 2.45) is 5.10 Å². The molecule has 31 heavy (non-hydrogen) atoms. The number of nitrogens with zero attached hydrogens (tertiary/aromatic N) is 2. The molecule has 6 nitrogen and oxygen atoms in total. The lowest BCUT2D eigenvalue weighted by Crippen LogP contribution is -2.29. The summed E-state index contributed by atoms with van der Waals surface area (Å²) in [5, 5.41) is 4.16. The van der Waals surface area contributed by atoms with Crippen LogP contribution < -0.4 is 9.73 Å². The Kier molecular flexibility index (Phi) is 7.25. The van der Waals surface area contributed by atoms with E-state index < -0.39 is 10.0 Å². The molecule has 0 bridgehead atoms. The third kappa shape index (κ3) is 6.26. The number of hydrogen-bond donors (Lipinski definition) is 1. The Morgan fingerprint density at radius 3 is 2.26 bits per heavy atom. The first-order chi connectivity index (χ1) is 14.7. The molecular weight excluding hydrogens is 478 g/mol. The van der Waals surface area contributed by atoms with Crippen molar-refractivity contribution >= 4 is 43.3 Å². The maximum atomic E-state index is 12.4. The summed E-state index contributed by atoms with van der Waals surface area (Å²) in [5.74, 6) is -0.344. The maximum absolute atomic E-state index is 12.4. The quantitative estimate of drug-likeness (QED) is 0.382. The van der Waals surface area contributed by atoms with E-state index in [-0.39, 0.29) is 12.5 Å². The van der Waals surface area contributed by atoms with Crippen molar-refractivity contribution in [3.8, 4) is 0 Å². The Hall–Kier alpha value is -2.97. The molecule has 0 heterocycles. The summed E-state index contributed by atoms with van der Waals surface area (Å²) in [6.45, 7) is 1.99. The van der Waals surface area contributed by atoms with E-state index >= 15 is 0 Å². The predicted molar refractivity (Wildman–Crippen MR) is 128 cm³/mol. The molecule has 0 unspecified atom stereocenters. The Bertz CT molecular complexity index is 1190. The molecule has 0 atom stereocenters. The van der Waals surface area contributed by atoms with Gasteiger partial charge in [0.2, 0.25) is 10.0 Å². The summed E-state index contributed by atoms with van der Waals surface area (Å²) in [4.78, 5) is 12.4. The molecule has 160 valence electrons. The topological polar surface area (TPSA) is 78.8 Å². The lowest BCUT2D eigenvalue weighted by atomic mass is 10.1. The first-order valence-corrected chi connectivity index (χ1v) is 12.1. The van der Waals surface area contributed by atoms with Gasteiger partial charge in [-0.1, -0.05) is 58.4 Å². The zero-order chi connectivity index (χ0) is 22.4. The first kappa shape index (κ1) is 22.7. The standard InChI is InChI=1S/C23H22BrN3O3S/c1-17(20-7-6-8-21(24)15-20)25-26-23(28)19-13-11-18(12-14-19)16-27(31(2,29)30)22-9-4-3-5-10-22/h3-15H,16H2,1-2H3,(H,26,28)/b25-17-. The fourth-order valence-electron chi connectivity index (χ4n) is 2.90. The van der Waals surface area contributed by atoms with Crippen molar-refractivity contribution in [1.82, 2.24) is 5.43 Å². The summed E-state index contributed by atoms with van der Waals surface area (Å²) in [5.41, 5.74) is 5.91. The average molecular weight is 500 g/mol. The van der Waals surface area contributed by atoms with Crippen LogP contribution in [-0.2, 0) is 16.6 Å². The molecule has 8 heteroatoms. The van der Waals surface area contributed by atoms with Crippen LogP contribution in [0.25, 0.3) is 0 Å². The zero-order valence-electron chi connectivity index (χ0n) is 17.1. The monoisotopic (exact) mass is 499 g/mol. The van der Waals surface area contributed by atoms with Gasteiger partial charge in [0.15, 0.2) is 0 Å². The largest absolute Gasteiger partial charge is 0.271 e. The fraction of sp³-hybridized carbons (Fsp3) is 0.130. The molecule has 3 aromatic rings. The van der Waals surface area contributed by atoms with Crippen molar-refractivity contribution < 1.29 is 13.2 Å². The van der Waals surface area contributed by atoms with Gasteiger partial charge in [-0.2, -0.15) is 5.10 Å². The van der Waals surface area contributed by atoms with Crippen LogP contribution >= 0.6 is 15.9 Å². The average Bonchev–Trinajstić information content (AvgIpc) is 2.75. The highest BCUT2D eigenvalue weighted by Gasteiger charge is 2.17. The van der Waals surface area contributed by atoms with Gasteiger partial charge in [0.25, 0.3) is 5.91 Å². The van der Waals surface area contributed by atoms with E-state index in [1.807, 2.05) is 37.3 Å². The number of carbonyl (C=O) groups is 1. The van der Waals surface area contributed by atoms with Gasteiger partial charge in [-0.05, 0) is 54.4 Å². The highest BCUT2D eigenvalue weighted by molar-refractivity contribution is 9.10. The molecule has 0 aromatic heterocycles. The van der Waals surface area contributed by atoms with Gasteiger partial charge < -0.3 is 0 Å². The Morgan fingerprint density at radius 1 is 0.968 bits per heavy atom. The van der Waals surface area contributed by atoms with Gasteiger partial charge >= 0.3 is 0 Å². The normalized spacial score (nSPS) is 11.8. The number of hydrazone groups is 1. The highest BCUT2D eigenvalue weighted by Crippen LogP contribution is 2.20. The first-order valence-electron chi connectivity index (χ1n) is 9.46. The van der Waals surface area contributed by atoms with E-state index in [9.17, 15) is 13.2 Å². The second-order valence-electron chi connectivity index (χ2n) is 6.95. The van der Waals surface area contributed by atoms with Crippen molar-refractivity contribution in [3.63, 3.8) is 0 Å². The SMILES string of the molecule is C/C(=N/NC(=O)c1ccc(CN(c2ccccc2)S(C)(=O)=O)cc1)c1cccc(Br)c1. The minimum absolute atomic E-state index is 0.172. The summed E-state index contributed by atoms with van der Waals surface area (Å²) < 4.78 is 26.7. The van der Waals surface area contributed by atoms with Gasteiger partial charge in [-0.25, -0.2) is 13.8 Å². The Balaban J connectivity index is 1.70. The number of sulfonamides is 1. The van der Waals surface area contributed by atoms with E-state index in [0.717, 1.165) is 15.6 Å². The van der Waals surface area contributed by atoms with Crippen molar-refractivity contribution in [2.75, 3.05) is 10.6 Å². The van der Waals surface area contributed by atoms with Gasteiger partial charge in [0, 0.05) is 10.0 Å². The Morgan fingerprint density at radius 2 is 1.65 bits per heavy atom. The number of hydrogen-bond acceptors (Lipinski definition) is 4. The number of amides is 1. The Labute approximate surface area is 190 Å². The van der Waals surface area contributed by atoms with Gasteiger partial charge in [-0.15, -0.1) is 0 Å². The molecule has 0 aliphatic carbocycles. The van der Waals surface area contributed by atoms with Crippen molar-refractivity contribution in [2.45, 2.75) is 13.5 Å². The molecule has 0 saturated heterocycles. The molecule has 0 aliphatic heterocycles. The second-order valence-corrected chi connectivity index (χ2v) is 9.77. The third-order valence-electron chi connectivity index (χ3n) is 4.55. The third-order valence-corrected chi connectivity index (χ3v) is 6.19. The van der Waals surface area contributed by atoms with E-state index in [1.54, 1.807) is 48.5 Å². The van der Waals surface area contributed by atoms with E-state index in [4.69, 9.17) is 0 Å². The number of anilines is 1. The fourth-order valence-corrected chi connectivity index (χ4v) is 4.19. The lowest BCUT2D eigenvalue weighted by molar-refractivity contribution is 0.0955.